The van der Waals surface area contributed by atoms with Gasteiger partial charge in [-0.15, -0.1) is 0 Å². The third-order valence-corrected chi connectivity index (χ3v) is 5.21. The van der Waals surface area contributed by atoms with Crippen LogP contribution in [-0.4, -0.2) is 41.5 Å². The summed E-state index contributed by atoms with van der Waals surface area (Å²) in [6.07, 6.45) is 3.63. The lowest BCUT2D eigenvalue weighted by Crippen LogP contribution is -2.40. The van der Waals surface area contributed by atoms with E-state index >= 15 is 0 Å². The third-order valence-electron chi connectivity index (χ3n) is 3.36. The zero-order chi connectivity index (χ0) is 13.2. The fourth-order valence-electron chi connectivity index (χ4n) is 2.32. The Hall–Kier alpha value is -1.01. The maximum Gasteiger partial charge on any atom is 0.213 e. The van der Waals surface area contributed by atoms with Crippen LogP contribution in [0.3, 0.4) is 0 Å². The average Bonchev–Trinajstić information content (AvgIpc) is 2.39. The molecule has 1 saturated heterocycles. The predicted octanol–water partition coefficient (Wildman–Crippen LogP) is 1.31. The molecule has 1 unspecified atom stereocenters. The standard InChI is InChI=1S/C12H19N3O2S/c1-3-18(16,17)15-8-4-5-11(9-15)12-6-7-13-10(2)14-12/h6-7,11H,3-5,8-9H2,1-2H3. The Balaban J connectivity index is 2.17. The maximum atomic E-state index is 11.9. The Bertz CT molecular complexity index is 516. The highest BCUT2D eigenvalue weighted by molar-refractivity contribution is 7.89. The fraction of sp³-hybridized carbons (Fsp3) is 0.667. The molecular weight excluding hydrogens is 250 g/mol. The van der Waals surface area contributed by atoms with Crippen LogP contribution in [0.1, 0.15) is 37.2 Å². The second-order valence-corrected chi connectivity index (χ2v) is 6.88. The van der Waals surface area contributed by atoms with Crippen molar-refractivity contribution in [3.63, 3.8) is 0 Å². The van der Waals surface area contributed by atoms with E-state index in [2.05, 4.69) is 9.97 Å². The van der Waals surface area contributed by atoms with Crippen LogP contribution in [0.5, 0.6) is 0 Å². The summed E-state index contributed by atoms with van der Waals surface area (Å²) in [4.78, 5) is 8.48. The molecule has 0 radical (unpaired) electrons. The van der Waals surface area contributed by atoms with Crippen molar-refractivity contribution in [2.24, 2.45) is 0 Å². The van der Waals surface area contributed by atoms with E-state index in [9.17, 15) is 8.42 Å². The lowest BCUT2D eigenvalue weighted by Gasteiger charge is -2.31. The molecule has 1 aliphatic rings. The van der Waals surface area contributed by atoms with Crippen molar-refractivity contribution in [1.29, 1.82) is 0 Å². The van der Waals surface area contributed by atoms with Gasteiger partial charge in [-0.1, -0.05) is 0 Å². The largest absolute Gasteiger partial charge is 0.242 e. The number of hydrogen-bond acceptors (Lipinski definition) is 4. The van der Waals surface area contributed by atoms with Crippen molar-refractivity contribution in [2.75, 3.05) is 18.8 Å². The number of sulfonamides is 1. The lowest BCUT2D eigenvalue weighted by atomic mass is 9.96. The van der Waals surface area contributed by atoms with Gasteiger partial charge in [0.05, 0.1) is 5.75 Å². The van der Waals surface area contributed by atoms with Crippen molar-refractivity contribution in [1.82, 2.24) is 14.3 Å². The van der Waals surface area contributed by atoms with Gasteiger partial charge in [0.25, 0.3) is 0 Å². The molecular formula is C12H19N3O2S. The third kappa shape index (κ3) is 2.87. The van der Waals surface area contributed by atoms with Crippen molar-refractivity contribution >= 4 is 10.0 Å². The molecule has 2 rings (SSSR count). The van der Waals surface area contributed by atoms with Gasteiger partial charge >= 0.3 is 0 Å². The minimum Gasteiger partial charge on any atom is -0.242 e. The van der Waals surface area contributed by atoms with Crippen LogP contribution in [0.15, 0.2) is 12.3 Å². The van der Waals surface area contributed by atoms with Crippen LogP contribution in [0.2, 0.25) is 0 Å². The summed E-state index contributed by atoms with van der Waals surface area (Å²) in [5.41, 5.74) is 0.957. The van der Waals surface area contributed by atoms with Gasteiger partial charge < -0.3 is 0 Å². The quantitative estimate of drug-likeness (QED) is 0.830. The van der Waals surface area contributed by atoms with E-state index in [-0.39, 0.29) is 11.7 Å². The number of hydrogen-bond donors (Lipinski definition) is 0. The van der Waals surface area contributed by atoms with Gasteiger partial charge in [-0.3, -0.25) is 0 Å². The first kappa shape index (κ1) is 13.4. The zero-order valence-electron chi connectivity index (χ0n) is 10.8. The SMILES string of the molecule is CCS(=O)(=O)N1CCCC(c2ccnc(C)n2)C1. The van der Waals surface area contributed by atoms with Crippen LogP contribution in [0.25, 0.3) is 0 Å². The van der Waals surface area contributed by atoms with E-state index in [0.717, 1.165) is 24.4 Å². The monoisotopic (exact) mass is 269 g/mol. The van der Waals surface area contributed by atoms with Gasteiger partial charge in [0.2, 0.25) is 10.0 Å². The number of aryl methyl sites for hydroxylation is 1. The van der Waals surface area contributed by atoms with Gasteiger partial charge in [0.15, 0.2) is 0 Å². The first-order valence-corrected chi connectivity index (χ1v) is 7.91. The van der Waals surface area contributed by atoms with E-state index in [1.807, 2.05) is 13.0 Å². The molecule has 0 bridgehead atoms. The van der Waals surface area contributed by atoms with Crippen molar-refractivity contribution in [3.8, 4) is 0 Å². The predicted molar refractivity (Wildman–Crippen MR) is 69.8 cm³/mol. The molecule has 5 nitrogen and oxygen atoms in total. The lowest BCUT2D eigenvalue weighted by molar-refractivity contribution is 0.312. The molecule has 0 amide bonds. The van der Waals surface area contributed by atoms with Crippen LogP contribution >= 0.6 is 0 Å². The van der Waals surface area contributed by atoms with Crippen LogP contribution in [0, 0.1) is 6.92 Å². The number of aromatic nitrogens is 2. The van der Waals surface area contributed by atoms with Crippen LogP contribution in [-0.2, 0) is 10.0 Å². The minimum absolute atomic E-state index is 0.169. The number of nitrogens with zero attached hydrogens (tertiary/aromatic N) is 3. The Labute approximate surface area is 108 Å². The Kier molecular flexibility index (Phi) is 3.97. The second-order valence-electron chi connectivity index (χ2n) is 4.63. The summed E-state index contributed by atoms with van der Waals surface area (Å²) in [5, 5.41) is 0. The molecule has 0 saturated carbocycles. The molecule has 6 heteroatoms. The molecule has 1 aromatic heterocycles. The molecule has 0 aromatic carbocycles. The van der Waals surface area contributed by atoms with Crippen molar-refractivity contribution in [3.05, 3.63) is 23.8 Å². The average molecular weight is 269 g/mol. The maximum absolute atomic E-state index is 11.9. The highest BCUT2D eigenvalue weighted by Crippen LogP contribution is 2.26. The van der Waals surface area contributed by atoms with Gasteiger partial charge in [-0.25, -0.2) is 22.7 Å². The topological polar surface area (TPSA) is 63.2 Å². The smallest absolute Gasteiger partial charge is 0.213 e. The molecule has 18 heavy (non-hydrogen) atoms. The van der Waals surface area contributed by atoms with E-state index in [0.29, 0.717) is 13.1 Å². The summed E-state index contributed by atoms with van der Waals surface area (Å²) in [6, 6.07) is 1.89. The highest BCUT2D eigenvalue weighted by Gasteiger charge is 2.29. The minimum atomic E-state index is -3.08. The fourth-order valence-corrected chi connectivity index (χ4v) is 3.50. The van der Waals surface area contributed by atoms with E-state index in [1.54, 1.807) is 17.4 Å². The van der Waals surface area contributed by atoms with E-state index < -0.39 is 10.0 Å². The Morgan fingerprint density at radius 2 is 2.28 bits per heavy atom. The van der Waals surface area contributed by atoms with Gasteiger partial charge in [0.1, 0.15) is 5.82 Å². The van der Waals surface area contributed by atoms with E-state index in [4.69, 9.17) is 0 Å². The highest BCUT2D eigenvalue weighted by atomic mass is 32.2. The summed E-state index contributed by atoms with van der Waals surface area (Å²) in [5.74, 6) is 1.10. The molecule has 0 N–H and O–H groups in total. The molecule has 100 valence electrons. The van der Waals surface area contributed by atoms with Gasteiger partial charge in [-0.2, -0.15) is 0 Å². The van der Waals surface area contributed by atoms with E-state index in [1.165, 1.54) is 0 Å². The first-order chi connectivity index (χ1) is 8.53. The van der Waals surface area contributed by atoms with Crippen molar-refractivity contribution in [2.45, 2.75) is 32.6 Å². The molecule has 1 aliphatic heterocycles. The normalized spacial score (nSPS) is 22.0. The molecule has 2 heterocycles. The Morgan fingerprint density at radius 3 is 2.94 bits per heavy atom. The van der Waals surface area contributed by atoms with Gasteiger partial charge in [-0.05, 0) is 32.8 Å². The molecule has 0 spiro atoms. The van der Waals surface area contributed by atoms with Crippen LogP contribution < -0.4 is 0 Å². The summed E-state index contributed by atoms with van der Waals surface area (Å²) < 4.78 is 25.4. The molecule has 1 fully saturated rings. The summed E-state index contributed by atoms with van der Waals surface area (Å²) in [7, 11) is -3.08. The summed E-state index contributed by atoms with van der Waals surface area (Å²) in [6.45, 7) is 4.73. The first-order valence-electron chi connectivity index (χ1n) is 6.30. The van der Waals surface area contributed by atoms with Crippen LogP contribution in [0.4, 0.5) is 0 Å². The zero-order valence-corrected chi connectivity index (χ0v) is 11.7. The second kappa shape index (κ2) is 5.32. The van der Waals surface area contributed by atoms with Crippen molar-refractivity contribution < 1.29 is 8.42 Å². The molecule has 1 aromatic rings. The molecule has 0 aliphatic carbocycles. The number of piperidine rings is 1. The van der Waals surface area contributed by atoms with Gasteiger partial charge in [0, 0.05) is 30.9 Å². The Morgan fingerprint density at radius 1 is 1.50 bits per heavy atom. The molecule has 1 atom stereocenters. The summed E-state index contributed by atoms with van der Waals surface area (Å²) >= 11 is 0. The number of rotatable bonds is 3.